The van der Waals surface area contributed by atoms with Crippen LogP contribution >= 0.6 is 47.8 Å². The molecule has 0 unspecified atom stereocenters. The van der Waals surface area contributed by atoms with Gasteiger partial charge in [-0.15, -0.1) is 0 Å². The standard InChI is InChI=1S/C25H28BrNO2.C6H5Br2N.CH4/c1-3-23(26)24(27-2)18-28-21-15-13-20(14-16-21)22-11-7-8-12-25(22)29-17-19-9-5-4-6-10-19;7-4-6-5(8)2-1-3-9-6;/h3-12,20-21H,1-2,13-18H2;1-3H,4H2;1H4/b24-23+;;. The van der Waals surface area contributed by atoms with Gasteiger partial charge in [0.2, 0.25) is 0 Å². The second-order valence-corrected chi connectivity index (χ2v) is 11.1. The van der Waals surface area contributed by atoms with Gasteiger partial charge in [-0.1, -0.05) is 84.5 Å². The first kappa shape index (κ1) is 33.1. The molecule has 4 rings (SSSR count). The molecule has 0 saturated heterocycles. The highest BCUT2D eigenvalue weighted by Gasteiger charge is 2.25. The summed E-state index contributed by atoms with van der Waals surface area (Å²) < 4.78 is 14.1. The Bertz CT molecular complexity index is 1190. The molecule has 0 radical (unpaired) electrons. The summed E-state index contributed by atoms with van der Waals surface area (Å²) in [5.41, 5.74) is 4.33. The first-order valence-electron chi connectivity index (χ1n) is 12.6. The van der Waals surface area contributed by atoms with E-state index in [0.717, 1.165) is 57.1 Å². The van der Waals surface area contributed by atoms with Gasteiger partial charge in [0.1, 0.15) is 12.4 Å². The molecule has 0 aliphatic heterocycles. The first-order valence-corrected chi connectivity index (χ1v) is 15.3. The Morgan fingerprint density at radius 3 is 2.31 bits per heavy atom. The normalized spacial score (nSPS) is 17.0. The molecule has 0 bridgehead atoms. The Kier molecular flexibility index (Phi) is 15.6. The van der Waals surface area contributed by atoms with Crippen molar-refractivity contribution in [3.63, 3.8) is 0 Å². The molecule has 39 heavy (non-hydrogen) atoms. The van der Waals surface area contributed by atoms with Crippen molar-refractivity contribution in [3.8, 4) is 5.75 Å². The summed E-state index contributed by atoms with van der Waals surface area (Å²) in [4.78, 5) is 8.14. The number of para-hydroxylation sites is 1. The minimum absolute atomic E-state index is 0. The van der Waals surface area contributed by atoms with Crippen LogP contribution < -0.4 is 4.74 Å². The van der Waals surface area contributed by atoms with E-state index in [0.29, 0.717) is 19.1 Å². The number of allylic oxidation sites excluding steroid dienone is 2. The SMILES string of the molecule is BrCc1ncccc1Br.C.C=C/C(Br)=C(/COC1CCC(c2ccccc2OCc2ccccc2)CC1)N=C. The minimum atomic E-state index is 0. The zero-order valence-electron chi connectivity index (χ0n) is 21.4. The molecule has 3 aromatic rings. The number of aliphatic imine (C=N–C) groups is 1. The summed E-state index contributed by atoms with van der Waals surface area (Å²) >= 11 is 10.1. The Morgan fingerprint density at radius 2 is 1.69 bits per heavy atom. The van der Waals surface area contributed by atoms with Crippen molar-refractivity contribution >= 4 is 54.5 Å². The van der Waals surface area contributed by atoms with Gasteiger partial charge in [-0.25, -0.2) is 0 Å². The monoisotopic (exact) mass is 718 g/mol. The van der Waals surface area contributed by atoms with Gasteiger partial charge in [-0.05, 0) is 99.5 Å². The van der Waals surface area contributed by atoms with Crippen LogP contribution in [0.1, 0.15) is 55.8 Å². The Morgan fingerprint density at radius 1 is 1.00 bits per heavy atom. The average Bonchev–Trinajstić information content (AvgIpc) is 2.98. The minimum Gasteiger partial charge on any atom is -0.489 e. The number of aromatic nitrogens is 1. The largest absolute Gasteiger partial charge is 0.489 e. The van der Waals surface area contributed by atoms with E-state index in [9.17, 15) is 0 Å². The molecule has 1 aliphatic carbocycles. The molecule has 4 nitrogen and oxygen atoms in total. The van der Waals surface area contributed by atoms with Gasteiger partial charge in [0.25, 0.3) is 0 Å². The highest BCUT2D eigenvalue weighted by atomic mass is 79.9. The van der Waals surface area contributed by atoms with E-state index in [1.807, 2.05) is 36.4 Å². The van der Waals surface area contributed by atoms with Crippen molar-refractivity contribution < 1.29 is 9.47 Å². The molecule has 0 amide bonds. The second-order valence-electron chi connectivity index (χ2n) is 8.82. The number of hydrogen-bond donors (Lipinski definition) is 0. The number of ether oxygens (including phenoxy) is 2. The molecular weight excluding hydrogens is 684 g/mol. The summed E-state index contributed by atoms with van der Waals surface area (Å²) in [6, 6.07) is 22.6. The molecule has 1 heterocycles. The van der Waals surface area contributed by atoms with Gasteiger partial charge < -0.3 is 9.47 Å². The van der Waals surface area contributed by atoms with Gasteiger partial charge in [0, 0.05) is 20.5 Å². The summed E-state index contributed by atoms with van der Waals surface area (Å²) in [5.74, 6) is 1.51. The van der Waals surface area contributed by atoms with Crippen LogP contribution in [0.25, 0.3) is 0 Å². The number of rotatable bonds is 10. The van der Waals surface area contributed by atoms with Crippen LogP contribution in [-0.4, -0.2) is 24.4 Å². The van der Waals surface area contributed by atoms with E-state index >= 15 is 0 Å². The third kappa shape index (κ3) is 10.8. The maximum atomic E-state index is 6.16. The topological polar surface area (TPSA) is 43.7 Å². The molecule has 1 saturated carbocycles. The third-order valence-corrected chi connectivity index (χ3v) is 8.37. The lowest BCUT2D eigenvalue weighted by Crippen LogP contribution is -2.22. The number of hydrogen-bond acceptors (Lipinski definition) is 4. The van der Waals surface area contributed by atoms with Crippen LogP contribution in [-0.2, 0) is 16.7 Å². The fraction of sp³-hybridized carbons (Fsp3) is 0.312. The van der Waals surface area contributed by atoms with Gasteiger partial charge in [-0.3, -0.25) is 9.98 Å². The second kappa shape index (κ2) is 18.3. The first-order chi connectivity index (χ1) is 18.5. The smallest absolute Gasteiger partial charge is 0.123 e. The summed E-state index contributed by atoms with van der Waals surface area (Å²) in [7, 11) is 0. The van der Waals surface area contributed by atoms with E-state index in [1.165, 1.54) is 11.1 Å². The van der Waals surface area contributed by atoms with Crippen LogP contribution in [0.15, 0.2) is 105 Å². The van der Waals surface area contributed by atoms with Crippen LogP contribution in [0.3, 0.4) is 0 Å². The molecule has 208 valence electrons. The molecule has 7 heteroatoms. The maximum Gasteiger partial charge on any atom is 0.123 e. The van der Waals surface area contributed by atoms with Gasteiger partial charge in [0.15, 0.2) is 0 Å². The Balaban J connectivity index is 0.000000453. The number of halogens is 3. The van der Waals surface area contributed by atoms with Crippen molar-refractivity contribution in [2.24, 2.45) is 4.99 Å². The lowest BCUT2D eigenvalue weighted by atomic mass is 9.82. The summed E-state index contributed by atoms with van der Waals surface area (Å²) in [6.07, 6.45) is 8.02. The number of benzene rings is 2. The summed E-state index contributed by atoms with van der Waals surface area (Å²) in [5, 5.41) is 0.800. The average molecular weight is 721 g/mol. The molecule has 1 aromatic heterocycles. The van der Waals surface area contributed by atoms with Crippen LogP contribution in [0.4, 0.5) is 0 Å². The fourth-order valence-electron chi connectivity index (χ4n) is 4.25. The lowest BCUT2D eigenvalue weighted by Gasteiger charge is -2.30. The lowest BCUT2D eigenvalue weighted by molar-refractivity contribution is 0.0379. The van der Waals surface area contributed by atoms with Crippen molar-refractivity contribution in [3.05, 3.63) is 117 Å². The fourth-order valence-corrected chi connectivity index (χ4v) is 5.70. The van der Waals surface area contributed by atoms with Gasteiger partial charge >= 0.3 is 0 Å². The van der Waals surface area contributed by atoms with E-state index in [4.69, 9.17) is 9.47 Å². The van der Waals surface area contributed by atoms with Crippen molar-refractivity contribution in [1.29, 1.82) is 0 Å². The quantitative estimate of drug-likeness (QED) is 0.119. The highest BCUT2D eigenvalue weighted by Crippen LogP contribution is 2.38. The highest BCUT2D eigenvalue weighted by molar-refractivity contribution is 9.12. The Hall–Kier alpha value is -2.06. The number of alkyl halides is 1. The molecule has 0 atom stereocenters. The molecule has 0 spiro atoms. The zero-order chi connectivity index (χ0) is 27.2. The van der Waals surface area contributed by atoms with Crippen molar-refractivity contribution in [1.82, 2.24) is 4.98 Å². The number of pyridine rings is 1. The van der Waals surface area contributed by atoms with Crippen molar-refractivity contribution in [2.75, 3.05) is 6.61 Å². The van der Waals surface area contributed by atoms with Gasteiger partial charge in [-0.2, -0.15) is 0 Å². The van der Waals surface area contributed by atoms with Gasteiger partial charge in [0.05, 0.1) is 24.1 Å². The predicted molar refractivity (Wildman–Crippen MR) is 175 cm³/mol. The predicted octanol–water partition coefficient (Wildman–Crippen LogP) is 10.2. The zero-order valence-corrected chi connectivity index (χ0v) is 26.1. The van der Waals surface area contributed by atoms with E-state index in [-0.39, 0.29) is 13.5 Å². The van der Waals surface area contributed by atoms with Crippen LogP contribution in [0.2, 0.25) is 0 Å². The van der Waals surface area contributed by atoms with E-state index in [1.54, 1.807) is 12.3 Å². The van der Waals surface area contributed by atoms with Crippen LogP contribution in [0, 0.1) is 0 Å². The summed E-state index contributed by atoms with van der Waals surface area (Å²) in [6.45, 7) is 8.42. The van der Waals surface area contributed by atoms with E-state index in [2.05, 4.69) is 101 Å². The Labute approximate surface area is 259 Å². The van der Waals surface area contributed by atoms with Crippen molar-refractivity contribution in [2.45, 2.75) is 57.1 Å². The molecule has 1 fully saturated rings. The van der Waals surface area contributed by atoms with E-state index < -0.39 is 0 Å². The maximum absolute atomic E-state index is 6.16. The molecule has 0 N–H and O–H groups in total. The molecule has 2 aromatic carbocycles. The number of nitrogens with zero attached hydrogens (tertiary/aromatic N) is 2. The third-order valence-electron chi connectivity index (χ3n) is 6.33. The molecule has 1 aliphatic rings. The molecular formula is C32H37Br3N2O2. The van der Waals surface area contributed by atoms with Crippen LogP contribution in [0.5, 0.6) is 5.75 Å².